The molecule has 2 unspecified atom stereocenters. The van der Waals surface area contributed by atoms with E-state index in [2.05, 4.69) is 42.1 Å². The monoisotopic (exact) mass is 830 g/mol. The maximum absolute atomic E-state index is 12.4. The minimum atomic E-state index is -0.471. The number of anilines is 3. The molecule has 58 heavy (non-hydrogen) atoms. The summed E-state index contributed by atoms with van der Waals surface area (Å²) in [5.74, 6) is 0. The van der Waals surface area contributed by atoms with Gasteiger partial charge in [-0.25, -0.2) is 19.6 Å². The molecule has 312 valence electrons. The summed E-state index contributed by atoms with van der Waals surface area (Å²) < 4.78 is 14.5. The van der Waals surface area contributed by atoms with E-state index in [1.165, 1.54) is 0 Å². The number of likely N-dealkylation sites (N-methyl/N-ethyl adjacent to an activating group) is 2. The van der Waals surface area contributed by atoms with Crippen LogP contribution in [0.1, 0.15) is 68.2 Å². The van der Waals surface area contributed by atoms with E-state index in [4.69, 9.17) is 27.4 Å². The van der Waals surface area contributed by atoms with Crippen molar-refractivity contribution in [2.24, 2.45) is 4.99 Å². The molecule has 2 fully saturated rings. The van der Waals surface area contributed by atoms with Gasteiger partial charge in [0.25, 0.3) is 0 Å². The molecular weight excluding hydrogens is 773 g/mol. The first-order valence-corrected chi connectivity index (χ1v) is 20.4. The van der Waals surface area contributed by atoms with Crippen molar-refractivity contribution in [3.05, 3.63) is 86.0 Å². The number of carbonyl (C=O) groups excluding carboxylic acids is 2. The van der Waals surface area contributed by atoms with Crippen LogP contribution < -0.4 is 15.5 Å². The number of nitrogens with two attached hydrogens (primary N) is 1. The first-order valence-electron chi connectivity index (χ1n) is 19.5. The Morgan fingerprint density at radius 1 is 0.776 bits per heavy atom. The van der Waals surface area contributed by atoms with Gasteiger partial charge in [-0.3, -0.25) is 9.13 Å². The van der Waals surface area contributed by atoms with Crippen LogP contribution in [0.25, 0.3) is 0 Å². The molecule has 2 amide bonds. The van der Waals surface area contributed by atoms with Crippen LogP contribution in [0.2, 0.25) is 0 Å². The molecule has 2 aliphatic rings. The minimum Gasteiger partial charge on any atom is -0.444 e. The first-order chi connectivity index (χ1) is 27.5. The van der Waals surface area contributed by atoms with Crippen molar-refractivity contribution in [3.8, 4) is 0 Å². The lowest BCUT2D eigenvalue weighted by Crippen LogP contribution is -2.44. The van der Waals surface area contributed by atoms with Gasteiger partial charge in [0.05, 0.1) is 22.9 Å². The van der Waals surface area contributed by atoms with Crippen LogP contribution in [0.5, 0.6) is 0 Å². The fourth-order valence-electron chi connectivity index (χ4n) is 6.53. The summed E-state index contributed by atoms with van der Waals surface area (Å²) in [6.45, 7) is 20.2. The fraction of sp³-hybridized carbons (Fsp3) is 0.476. The Bertz CT molecular complexity index is 1900. The third kappa shape index (κ3) is 13.7. The highest BCUT2D eigenvalue weighted by Crippen LogP contribution is 2.27. The van der Waals surface area contributed by atoms with Gasteiger partial charge in [-0.1, -0.05) is 0 Å². The molecule has 2 saturated heterocycles. The zero-order chi connectivity index (χ0) is 42.5. The van der Waals surface area contributed by atoms with Crippen LogP contribution in [0.4, 0.5) is 32.3 Å². The van der Waals surface area contributed by atoms with Crippen molar-refractivity contribution >= 4 is 69.6 Å². The molecule has 0 bridgehead atoms. The first kappa shape index (κ1) is 45.4. The topological polar surface area (TPSA) is 140 Å². The Labute approximate surface area is 353 Å². The molecule has 16 heteroatoms. The molecular formula is C42H58N10O4S2. The van der Waals surface area contributed by atoms with Crippen molar-refractivity contribution in [3.63, 3.8) is 0 Å². The van der Waals surface area contributed by atoms with E-state index < -0.39 is 11.2 Å². The van der Waals surface area contributed by atoms with Gasteiger partial charge in [-0.05, 0) is 141 Å². The van der Waals surface area contributed by atoms with E-state index in [0.717, 1.165) is 61.8 Å². The van der Waals surface area contributed by atoms with Crippen molar-refractivity contribution < 1.29 is 19.1 Å². The summed E-state index contributed by atoms with van der Waals surface area (Å²) >= 11 is 9.76. The van der Waals surface area contributed by atoms with Crippen LogP contribution in [0.3, 0.4) is 0 Å². The molecule has 0 radical (unpaired) electrons. The highest BCUT2D eigenvalue weighted by Gasteiger charge is 2.34. The number of hydrogen-bond donors (Lipinski definition) is 1. The predicted octanol–water partition coefficient (Wildman–Crippen LogP) is 8.12. The summed E-state index contributed by atoms with van der Waals surface area (Å²) in [5, 5.41) is 3.01. The highest BCUT2D eigenvalue weighted by atomic mass is 32.1. The lowest BCUT2D eigenvalue weighted by molar-refractivity contribution is 0.0179. The van der Waals surface area contributed by atoms with Crippen molar-refractivity contribution in [1.82, 2.24) is 28.9 Å². The fourth-order valence-corrected chi connectivity index (χ4v) is 6.85. The summed E-state index contributed by atoms with van der Waals surface area (Å²) in [7, 11) is 0. The number of aromatic nitrogens is 4. The van der Waals surface area contributed by atoms with Crippen LogP contribution in [-0.4, -0.2) is 114 Å². The molecule has 2 aromatic heterocycles. The summed E-state index contributed by atoms with van der Waals surface area (Å²) in [5.41, 5.74) is 8.65. The number of thiocarbonyl (C=S) groups is 2. The predicted molar refractivity (Wildman–Crippen MR) is 238 cm³/mol. The van der Waals surface area contributed by atoms with Crippen molar-refractivity contribution in [2.75, 3.05) is 54.8 Å². The summed E-state index contributed by atoms with van der Waals surface area (Å²) in [6.07, 6.45) is 11.7. The standard InChI is InChI=1S/C18H25N3O2S.C17H27N3O2.C7H6N4S/c1-5-21(17(22)23-18(2,3)4)16-10-11-20(12-16)15-8-6-14(7-9-15)19-13-24;1-5-20(16(21)22-17(2,3)4)15-10-11-19(12-15)14-8-6-13(18)7-9-14;12-7(10-3-1-8-5-10)11-4-2-9-6-11/h6-9,16H,5,10-12H2,1-4H3;6-9,15H,5,10-12,18H2,1-4H3;1-6H. The van der Waals surface area contributed by atoms with Gasteiger partial charge in [-0.15, -0.1) is 0 Å². The van der Waals surface area contributed by atoms with E-state index in [-0.39, 0.29) is 24.3 Å². The molecule has 2 aliphatic heterocycles. The van der Waals surface area contributed by atoms with E-state index in [0.29, 0.717) is 18.2 Å². The number of rotatable bonds is 7. The summed E-state index contributed by atoms with van der Waals surface area (Å²) in [4.78, 5) is 44.7. The lowest BCUT2D eigenvalue weighted by Gasteiger charge is -2.31. The van der Waals surface area contributed by atoms with Crippen LogP contribution in [0, 0.1) is 0 Å². The third-order valence-electron chi connectivity index (χ3n) is 9.24. The van der Waals surface area contributed by atoms with Crippen LogP contribution in [0.15, 0.2) is 91.0 Å². The van der Waals surface area contributed by atoms with E-state index >= 15 is 0 Å². The smallest absolute Gasteiger partial charge is 0.410 e. The third-order valence-corrected chi connectivity index (χ3v) is 9.76. The van der Waals surface area contributed by atoms with Gasteiger partial charge in [0, 0.05) is 81.1 Å². The number of ether oxygens (including phenoxy) is 2. The Balaban J connectivity index is 0.000000202. The number of hydrogen-bond acceptors (Lipinski definition) is 12. The quantitative estimate of drug-likeness (QED) is 0.110. The number of isothiocyanates is 1. The van der Waals surface area contributed by atoms with Crippen LogP contribution >= 0.6 is 24.4 Å². The van der Waals surface area contributed by atoms with E-state index in [1.54, 1.807) is 46.6 Å². The second-order valence-electron chi connectivity index (χ2n) is 15.8. The molecule has 4 heterocycles. The average molecular weight is 831 g/mol. The van der Waals surface area contributed by atoms with Gasteiger partial charge in [-0.2, -0.15) is 4.99 Å². The number of imidazole rings is 2. The van der Waals surface area contributed by atoms with Gasteiger partial charge < -0.3 is 34.8 Å². The minimum absolute atomic E-state index is 0.170. The summed E-state index contributed by atoms with van der Waals surface area (Å²) in [6, 6.07) is 16.1. The van der Waals surface area contributed by atoms with E-state index in [9.17, 15) is 9.59 Å². The van der Waals surface area contributed by atoms with Crippen molar-refractivity contribution in [1.29, 1.82) is 0 Å². The number of nitrogens with zero attached hydrogens (tertiary/aromatic N) is 9. The Hall–Kier alpha value is -5.31. The van der Waals surface area contributed by atoms with E-state index in [1.807, 2.05) is 114 Å². The molecule has 0 saturated carbocycles. The molecule has 6 rings (SSSR count). The molecule has 4 aromatic rings. The van der Waals surface area contributed by atoms with Crippen molar-refractivity contribution in [2.45, 2.75) is 91.5 Å². The maximum Gasteiger partial charge on any atom is 0.410 e. The molecule has 2 atom stereocenters. The van der Waals surface area contributed by atoms with Gasteiger partial charge in [0.2, 0.25) is 0 Å². The number of benzene rings is 2. The number of amides is 2. The van der Waals surface area contributed by atoms with Gasteiger partial charge in [0.15, 0.2) is 5.11 Å². The SMILES string of the molecule is CCN(C(=O)OC(C)(C)C)C1CCN(c2ccc(N)cc2)C1.CCN(C(=O)OC(C)(C)C)C1CCN(c2ccc(N=C=S)cc2)C1.S=C(n1ccnc1)n1ccnc1. The average Bonchev–Trinajstić information content (AvgIpc) is 4.01. The molecule has 0 aliphatic carbocycles. The molecule has 2 N–H and O–H groups in total. The Morgan fingerprint density at radius 2 is 1.19 bits per heavy atom. The highest BCUT2D eigenvalue weighted by molar-refractivity contribution is 7.80. The molecule has 0 spiro atoms. The normalized spacial score (nSPS) is 16.2. The number of carbonyl (C=O) groups is 2. The second-order valence-corrected chi connectivity index (χ2v) is 16.4. The van der Waals surface area contributed by atoms with Gasteiger partial charge in [0.1, 0.15) is 23.9 Å². The number of aliphatic imine (C=N–C) groups is 1. The second kappa shape index (κ2) is 20.9. The molecule has 14 nitrogen and oxygen atoms in total. The zero-order valence-corrected chi connectivity index (χ0v) is 36.6. The van der Waals surface area contributed by atoms with Gasteiger partial charge >= 0.3 is 12.2 Å². The Morgan fingerprint density at radius 3 is 1.53 bits per heavy atom. The Kier molecular flexibility index (Phi) is 16.4. The van der Waals surface area contributed by atoms with Crippen LogP contribution in [-0.2, 0) is 9.47 Å². The lowest BCUT2D eigenvalue weighted by atomic mass is 10.2. The number of nitrogen functional groups attached to an aromatic ring is 1. The zero-order valence-electron chi connectivity index (χ0n) is 34.9. The molecule has 2 aromatic carbocycles. The largest absolute Gasteiger partial charge is 0.444 e. The maximum atomic E-state index is 12.4.